The van der Waals surface area contributed by atoms with Crippen LogP contribution in [-0.2, 0) is 0 Å². The Morgan fingerprint density at radius 3 is 2.74 bits per heavy atom. The molecule has 3 nitrogen and oxygen atoms in total. The van der Waals surface area contributed by atoms with Crippen LogP contribution in [0.15, 0.2) is 54.7 Å². The van der Waals surface area contributed by atoms with Gasteiger partial charge in [0, 0.05) is 17.6 Å². The van der Waals surface area contributed by atoms with Crippen molar-refractivity contribution in [3.8, 4) is 17.2 Å². The van der Waals surface area contributed by atoms with E-state index in [1.165, 1.54) is 0 Å². The van der Waals surface area contributed by atoms with E-state index in [1.807, 2.05) is 43.3 Å². The molecule has 94 valence electrons. The van der Waals surface area contributed by atoms with Crippen molar-refractivity contribution in [3.05, 3.63) is 60.3 Å². The van der Waals surface area contributed by atoms with Crippen LogP contribution in [0.3, 0.4) is 0 Å². The van der Waals surface area contributed by atoms with E-state index in [-0.39, 0.29) is 5.75 Å². The Labute approximate surface area is 111 Å². The number of nitrogens with zero attached hydrogens (tertiary/aromatic N) is 1. The molecule has 0 aliphatic heterocycles. The van der Waals surface area contributed by atoms with Crippen molar-refractivity contribution in [1.82, 2.24) is 4.98 Å². The first-order valence-corrected chi connectivity index (χ1v) is 6.05. The molecule has 3 rings (SSSR count). The van der Waals surface area contributed by atoms with E-state index in [1.54, 1.807) is 18.3 Å². The van der Waals surface area contributed by atoms with Crippen LogP contribution in [0.1, 0.15) is 5.56 Å². The molecule has 0 bridgehead atoms. The number of rotatable bonds is 2. The van der Waals surface area contributed by atoms with Crippen LogP contribution in [-0.4, -0.2) is 10.1 Å². The second kappa shape index (κ2) is 4.61. The van der Waals surface area contributed by atoms with E-state index in [0.717, 1.165) is 22.2 Å². The van der Waals surface area contributed by atoms with Gasteiger partial charge >= 0.3 is 0 Å². The summed E-state index contributed by atoms with van der Waals surface area (Å²) in [5.74, 6) is 1.55. The van der Waals surface area contributed by atoms with Gasteiger partial charge in [-0.1, -0.05) is 12.1 Å². The minimum atomic E-state index is 0.202. The van der Waals surface area contributed by atoms with Crippen LogP contribution in [0.2, 0.25) is 0 Å². The third-order valence-corrected chi connectivity index (χ3v) is 2.87. The quantitative estimate of drug-likeness (QED) is 0.747. The Morgan fingerprint density at radius 1 is 1.05 bits per heavy atom. The predicted octanol–water partition coefficient (Wildman–Crippen LogP) is 4.04. The average Bonchev–Trinajstić information content (AvgIpc) is 2.38. The number of phenolic OH excluding ortho intramolecular Hbond substituents is 1. The fourth-order valence-corrected chi connectivity index (χ4v) is 2.07. The van der Waals surface area contributed by atoms with Gasteiger partial charge in [0.25, 0.3) is 0 Å². The molecule has 0 spiro atoms. The standard InChI is InChI=1S/C16H13NO2/c1-11-8-12(18)10-13(9-11)19-16-6-7-17-15-5-3-2-4-14(15)16/h2-10,18H,1H3. The third-order valence-electron chi connectivity index (χ3n) is 2.87. The van der Waals surface area contributed by atoms with Gasteiger partial charge in [0.05, 0.1) is 5.52 Å². The highest BCUT2D eigenvalue weighted by atomic mass is 16.5. The number of ether oxygens (including phenoxy) is 1. The SMILES string of the molecule is Cc1cc(O)cc(Oc2ccnc3ccccc23)c1. The van der Waals surface area contributed by atoms with Crippen molar-refractivity contribution in [1.29, 1.82) is 0 Å². The number of aromatic nitrogens is 1. The molecule has 1 heterocycles. The number of pyridine rings is 1. The molecule has 0 saturated heterocycles. The number of para-hydroxylation sites is 1. The Bertz CT molecular complexity index is 712. The molecule has 0 atom stereocenters. The van der Waals surface area contributed by atoms with E-state index >= 15 is 0 Å². The van der Waals surface area contributed by atoms with E-state index in [2.05, 4.69) is 4.98 Å². The van der Waals surface area contributed by atoms with Crippen LogP contribution in [0.4, 0.5) is 0 Å². The Hall–Kier alpha value is -2.55. The van der Waals surface area contributed by atoms with E-state index in [0.29, 0.717) is 5.75 Å². The van der Waals surface area contributed by atoms with Crippen LogP contribution in [0.25, 0.3) is 10.9 Å². The lowest BCUT2D eigenvalue weighted by atomic mass is 10.2. The molecule has 3 heteroatoms. The summed E-state index contributed by atoms with van der Waals surface area (Å²) >= 11 is 0. The minimum Gasteiger partial charge on any atom is -0.508 e. The summed E-state index contributed by atoms with van der Waals surface area (Å²) < 4.78 is 5.85. The summed E-state index contributed by atoms with van der Waals surface area (Å²) in [6.07, 6.45) is 1.72. The Kier molecular flexibility index (Phi) is 2.80. The molecule has 2 aromatic carbocycles. The zero-order chi connectivity index (χ0) is 13.2. The smallest absolute Gasteiger partial charge is 0.138 e. The maximum absolute atomic E-state index is 9.59. The molecule has 0 saturated carbocycles. The zero-order valence-corrected chi connectivity index (χ0v) is 10.5. The van der Waals surface area contributed by atoms with Gasteiger partial charge in [-0.3, -0.25) is 4.98 Å². The maximum Gasteiger partial charge on any atom is 0.138 e. The van der Waals surface area contributed by atoms with Crippen molar-refractivity contribution < 1.29 is 9.84 Å². The number of phenols is 1. The zero-order valence-electron chi connectivity index (χ0n) is 10.5. The largest absolute Gasteiger partial charge is 0.508 e. The van der Waals surface area contributed by atoms with E-state index in [9.17, 15) is 5.11 Å². The van der Waals surface area contributed by atoms with Crippen molar-refractivity contribution in [2.75, 3.05) is 0 Å². The summed E-state index contributed by atoms with van der Waals surface area (Å²) in [6.45, 7) is 1.91. The highest BCUT2D eigenvalue weighted by molar-refractivity contribution is 5.84. The average molecular weight is 251 g/mol. The lowest BCUT2D eigenvalue weighted by Gasteiger charge is -2.09. The molecular weight excluding hydrogens is 238 g/mol. The lowest BCUT2D eigenvalue weighted by Crippen LogP contribution is -1.88. The molecule has 0 radical (unpaired) electrons. The minimum absolute atomic E-state index is 0.202. The van der Waals surface area contributed by atoms with Gasteiger partial charge in [0.2, 0.25) is 0 Å². The maximum atomic E-state index is 9.59. The summed E-state index contributed by atoms with van der Waals surface area (Å²) in [5.41, 5.74) is 1.84. The van der Waals surface area contributed by atoms with Gasteiger partial charge in [-0.25, -0.2) is 0 Å². The van der Waals surface area contributed by atoms with Crippen LogP contribution >= 0.6 is 0 Å². The molecule has 0 aliphatic rings. The second-order valence-electron chi connectivity index (χ2n) is 4.43. The predicted molar refractivity (Wildman–Crippen MR) is 74.7 cm³/mol. The summed E-state index contributed by atoms with van der Waals surface area (Å²) in [4.78, 5) is 4.29. The first-order chi connectivity index (χ1) is 9.22. The molecule has 0 unspecified atom stereocenters. The first kappa shape index (κ1) is 11.5. The van der Waals surface area contributed by atoms with Gasteiger partial charge in [-0.2, -0.15) is 0 Å². The molecule has 3 aromatic rings. The summed E-state index contributed by atoms with van der Waals surface area (Å²) in [6, 6.07) is 14.8. The number of fused-ring (bicyclic) bond motifs is 1. The fraction of sp³-hybridized carbons (Fsp3) is 0.0625. The topological polar surface area (TPSA) is 42.4 Å². The van der Waals surface area contributed by atoms with Gasteiger partial charge in [0.15, 0.2) is 0 Å². The van der Waals surface area contributed by atoms with E-state index in [4.69, 9.17) is 4.74 Å². The molecule has 1 N–H and O–H groups in total. The van der Waals surface area contributed by atoms with Crippen molar-refractivity contribution in [3.63, 3.8) is 0 Å². The first-order valence-electron chi connectivity index (χ1n) is 6.05. The lowest BCUT2D eigenvalue weighted by molar-refractivity contribution is 0.456. The van der Waals surface area contributed by atoms with Crippen molar-refractivity contribution >= 4 is 10.9 Å². The van der Waals surface area contributed by atoms with E-state index < -0.39 is 0 Å². The monoisotopic (exact) mass is 251 g/mol. The molecule has 0 amide bonds. The summed E-state index contributed by atoms with van der Waals surface area (Å²) in [7, 11) is 0. The van der Waals surface area contributed by atoms with Gasteiger partial charge < -0.3 is 9.84 Å². The molecule has 19 heavy (non-hydrogen) atoms. The van der Waals surface area contributed by atoms with Crippen molar-refractivity contribution in [2.24, 2.45) is 0 Å². The number of aromatic hydroxyl groups is 1. The number of hydrogen-bond acceptors (Lipinski definition) is 3. The van der Waals surface area contributed by atoms with Crippen LogP contribution < -0.4 is 4.74 Å². The highest BCUT2D eigenvalue weighted by Crippen LogP contribution is 2.30. The van der Waals surface area contributed by atoms with Gasteiger partial charge in [-0.05, 0) is 42.8 Å². The van der Waals surface area contributed by atoms with Gasteiger partial charge in [-0.15, -0.1) is 0 Å². The Morgan fingerprint density at radius 2 is 1.89 bits per heavy atom. The second-order valence-corrected chi connectivity index (χ2v) is 4.43. The number of aryl methyl sites for hydroxylation is 1. The number of hydrogen-bond donors (Lipinski definition) is 1. The van der Waals surface area contributed by atoms with Crippen LogP contribution in [0.5, 0.6) is 17.2 Å². The van der Waals surface area contributed by atoms with Crippen LogP contribution in [0, 0.1) is 6.92 Å². The van der Waals surface area contributed by atoms with Crippen molar-refractivity contribution in [2.45, 2.75) is 6.92 Å². The molecule has 0 aliphatic carbocycles. The molecular formula is C16H13NO2. The molecule has 0 fully saturated rings. The fourth-order valence-electron chi connectivity index (χ4n) is 2.07. The third kappa shape index (κ3) is 2.36. The van der Waals surface area contributed by atoms with Gasteiger partial charge in [0.1, 0.15) is 17.2 Å². The number of benzene rings is 2. The normalized spacial score (nSPS) is 10.6. The summed E-state index contributed by atoms with van der Waals surface area (Å²) in [5, 5.41) is 10.5. The Balaban J connectivity index is 2.05. The molecule has 1 aromatic heterocycles. The highest BCUT2D eigenvalue weighted by Gasteiger charge is 2.05.